The first-order valence-corrected chi connectivity index (χ1v) is 7.48. The fraction of sp³-hybridized carbons (Fsp3) is 0.562. The van der Waals surface area contributed by atoms with Gasteiger partial charge in [0.1, 0.15) is 6.54 Å². The highest BCUT2D eigenvalue weighted by atomic mass is 16.5. The van der Waals surface area contributed by atoms with Gasteiger partial charge in [0.15, 0.2) is 17.6 Å². The van der Waals surface area contributed by atoms with Crippen LogP contribution in [0.5, 0.6) is 11.5 Å². The number of hydrogen-bond acceptors (Lipinski definition) is 4. The summed E-state index contributed by atoms with van der Waals surface area (Å²) in [6.45, 7) is 3.38. The number of quaternary nitrogens is 1. The summed E-state index contributed by atoms with van der Waals surface area (Å²) in [6.07, 6.45) is 2.39. The van der Waals surface area contributed by atoms with Gasteiger partial charge in [0.2, 0.25) is 0 Å². The number of benzene rings is 1. The van der Waals surface area contributed by atoms with Gasteiger partial charge in [0.05, 0.1) is 32.9 Å². The summed E-state index contributed by atoms with van der Waals surface area (Å²) in [5.41, 5.74) is 0.513. The van der Waals surface area contributed by atoms with Crippen molar-refractivity contribution in [1.29, 1.82) is 0 Å². The molecule has 1 aromatic carbocycles. The van der Waals surface area contributed by atoms with Crippen molar-refractivity contribution in [3.63, 3.8) is 0 Å². The summed E-state index contributed by atoms with van der Waals surface area (Å²) in [7, 11) is 3.13. The maximum atomic E-state index is 12.3. The third-order valence-electron chi connectivity index (χ3n) is 4.63. The number of esters is 1. The standard InChI is InChI=1S/C16H21NO4/c1-19-13-4-3-12(9-14(13)20-2)16(18)21-15-10-17-7-5-11(15)6-8-17/h3-4,9,11,15H,5-8,10H2,1-2H3/p+1/t15-/m0/s1. The van der Waals surface area contributed by atoms with E-state index >= 15 is 0 Å². The van der Waals surface area contributed by atoms with Crippen LogP contribution in [0.2, 0.25) is 0 Å². The molecule has 0 saturated carbocycles. The molecule has 0 amide bonds. The van der Waals surface area contributed by atoms with Crippen LogP contribution in [-0.2, 0) is 4.74 Å². The summed E-state index contributed by atoms with van der Waals surface area (Å²) >= 11 is 0. The van der Waals surface area contributed by atoms with Gasteiger partial charge in [-0.3, -0.25) is 0 Å². The summed E-state index contributed by atoms with van der Waals surface area (Å²) in [5, 5.41) is 0. The van der Waals surface area contributed by atoms with Crippen LogP contribution in [-0.4, -0.2) is 45.9 Å². The van der Waals surface area contributed by atoms with E-state index in [1.165, 1.54) is 25.9 Å². The van der Waals surface area contributed by atoms with Crippen LogP contribution in [0.3, 0.4) is 0 Å². The molecule has 5 heteroatoms. The molecule has 1 N–H and O–H groups in total. The molecule has 3 aliphatic heterocycles. The molecule has 0 aromatic heterocycles. The lowest BCUT2D eigenvalue weighted by Gasteiger charge is -2.41. The molecule has 1 aromatic rings. The van der Waals surface area contributed by atoms with Gasteiger partial charge in [0.25, 0.3) is 0 Å². The van der Waals surface area contributed by atoms with Gasteiger partial charge in [-0.1, -0.05) is 0 Å². The molecule has 21 heavy (non-hydrogen) atoms. The molecule has 4 rings (SSSR count). The average molecular weight is 292 g/mol. The molecule has 0 radical (unpaired) electrons. The summed E-state index contributed by atoms with van der Waals surface area (Å²) < 4.78 is 16.1. The third-order valence-corrected chi connectivity index (χ3v) is 4.63. The van der Waals surface area contributed by atoms with Gasteiger partial charge >= 0.3 is 5.97 Å². The van der Waals surface area contributed by atoms with Gasteiger partial charge in [-0.25, -0.2) is 4.79 Å². The van der Waals surface area contributed by atoms with Gasteiger partial charge in [-0.05, 0) is 18.2 Å². The minimum atomic E-state index is -0.269. The first-order valence-electron chi connectivity index (χ1n) is 7.48. The second-order valence-corrected chi connectivity index (χ2v) is 5.81. The maximum Gasteiger partial charge on any atom is 0.338 e. The number of fused-ring (bicyclic) bond motifs is 3. The lowest BCUT2D eigenvalue weighted by Crippen LogP contribution is -3.16. The Hall–Kier alpha value is -1.75. The molecule has 3 saturated heterocycles. The van der Waals surface area contributed by atoms with Gasteiger partial charge < -0.3 is 19.1 Å². The number of carbonyl (C=O) groups excluding carboxylic acids is 1. The zero-order valence-electron chi connectivity index (χ0n) is 12.6. The molecule has 0 aliphatic carbocycles. The third kappa shape index (κ3) is 2.83. The fourth-order valence-electron chi connectivity index (χ4n) is 3.38. The first-order chi connectivity index (χ1) is 10.2. The molecule has 3 aliphatic rings. The summed E-state index contributed by atoms with van der Waals surface area (Å²) in [4.78, 5) is 13.9. The van der Waals surface area contributed by atoms with Gasteiger partial charge in [-0.2, -0.15) is 0 Å². The van der Waals surface area contributed by atoms with E-state index in [2.05, 4.69) is 0 Å². The Bertz CT molecular complexity index is 523. The van der Waals surface area contributed by atoms with Gasteiger partial charge in [-0.15, -0.1) is 0 Å². The quantitative estimate of drug-likeness (QED) is 0.823. The normalized spacial score (nSPS) is 27.2. The predicted octanol–water partition coefficient (Wildman–Crippen LogP) is 0.538. The Morgan fingerprint density at radius 3 is 2.43 bits per heavy atom. The van der Waals surface area contributed by atoms with Crippen molar-refractivity contribution in [3.8, 4) is 11.5 Å². The molecule has 114 valence electrons. The van der Waals surface area contributed by atoms with Crippen molar-refractivity contribution in [2.24, 2.45) is 5.92 Å². The van der Waals surface area contributed by atoms with Crippen LogP contribution in [0.25, 0.3) is 0 Å². The Labute approximate surface area is 124 Å². The molecule has 3 fully saturated rings. The molecule has 1 atom stereocenters. The number of carbonyl (C=O) groups is 1. The van der Waals surface area contributed by atoms with Crippen LogP contribution >= 0.6 is 0 Å². The molecule has 5 nitrogen and oxygen atoms in total. The van der Waals surface area contributed by atoms with Crippen LogP contribution in [0.4, 0.5) is 0 Å². The van der Waals surface area contributed by atoms with Crippen molar-refractivity contribution < 1.29 is 23.9 Å². The molecule has 0 unspecified atom stereocenters. The molecular weight excluding hydrogens is 270 g/mol. The summed E-state index contributed by atoms with van der Waals surface area (Å²) in [5.74, 6) is 1.42. The lowest BCUT2D eigenvalue weighted by molar-refractivity contribution is -0.920. The predicted molar refractivity (Wildman–Crippen MR) is 77.0 cm³/mol. The number of methoxy groups -OCH3 is 2. The van der Waals surface area contributed by atoms with E-state index in [4.69, 9.17) is 14.2 Å². The molecular formula is C16H22NO4+. The van der Waals surface area contributed by atoms with Crippen molar-refractivity contribution in [2.45, 2.75) is 18.9 Å². The van der Waals surface area contributed by atoms with E-state index in [0.717, 1.165) is 6.54 Å². The Morgan fingerprint density at radius 2 is 1.86 bits per heavy atom. The van der Waals surface area contributed by atoms with Crippen molar-refractivity contribution in [3.05, 3.63) is 23.8 Å². The van der Waals surface area contributed by atoms with Crippen LogP contribution < -0.4 is 14.4 Å². The van der Waals surface area contributed by atoms with Crippen molar-refractivity contribution >= 4 is 5.97 Å². The van der Waals surface area contributed by atoms with E-state index in [0.29, 0.717) is 23.0 Å². The lowest BCUT2D eigenvalue weighted by atomic mass is 9.86. The maximum absolute atomic E-state index is 12.3. The number of piperidine rings is 3. The smallest absolute Gasteiger partial charge is 0.338 e. The van der Waals surface area contributed by atoms with Crippen molar-refractivity contribution in [2.75, 3.05) is 33.9 Å². The van der Waals surface area contributed by atoms with E-state index in [1.807, 2.05) is 0 Å². The second kappa shape index (κ2) is 5.93. The number of hydrogen-bond donors (Lipinski definition) is 1. The summed E-state index contributed by atoms with van der Waals surface area (Å²) in [6, 6.07) is 5.13. The Balaban J connectivity index is 1.70. The van der Waals surface area contributed by atoms with E-state index in [1.54, 1.807) is 37.3 Å². The second-order valence-electron chi connectivity index (χ2n) is 5.81. The van der Waals surface area contributed by atoms with E-state index < -0.39 is 0 Å². The largest absolute Gasteiger partial charge is 0.493 e. The topological polar surface area (TPSA) is 49.2 Å². The Morgan fingerprint density at radius 1 is 1.14 bits per heavy atom. The number of ether oxygens (including phenoxy) is 3. The van der Waals surface area contributed by atoms with Crippen LogP contribution in [0, 0.1) is 5.92 Å². The van der Waals surface area contributed by atoms with Crippen LogP contribution in [0.1, 0.15) is 23.2 Å². The molecule has 3 heterocycles. The molecule has 0 spiro atoms. The van der Waals surface area contributed by atoms with Crippen molar-refractivity contribution in [1.82, 2.24) is 0 Å². The zero-order chi connectivity index (χ0) is 14.8. The minimum absolute atomic E-state index is 0.0584. The minimum Gasteiger partial charge on any atom is -0.493 e. The number of nitrogens with one attached hydrogen (secondary N) is 1. The van der Waals surface area contributed by atoms with Gasteiger partial charge in [0, 0.05) is 18.8 Å². The highest BCUT2D eigenvalue weighted by molar-refractivity contribution is 5.90. The monoisotopic (exact) mass is 292 g/mol. The number of rotatable bonds is 4. The van der Waals surface area contributed by atoms with E-state index in [9.17, 15) is 4.79 Å². The zero-order valence-corrected chi connectivity index (χ0v) is 12.6. The van der Waals surface area contributed by atoms with Crippen LogP contribution in [0.15, 0.2) is 18.2 Å². The molecule has 2 bridgehead atoms. The SMILES string of the molecule is COc1ccc(C(=O)O[C@H]2C[NH+]3CCC2CC3)cc1OC. The Kier molecular flexibility index (Phi) is 4.01. The average Bonchev–Trinajstić information content (AvgIpc) is 2.55. The van der Waals surface area contributed by atoms with E-state index in [-0.39, 0.29) is 12.1 Å². The fourth-order valence-corrected chi connectivity index (χ4v) is 3.38. The highest BCUT2D eigenvalue weighted by Crippen LogP contribution is 2.28. The highest BCUT2D eigenvalue weighted by Gasteiger charge is 2.39. The first kappa shape index (κ1) is 14.2.